The van der Waals surface area contributed by atoms with Crippen molar-refractivity contribution in [1.29, 1.82) is 0 Å². The lowest BCUT2D eigenvalue weighted by molar-refractivity contribution is 0.0509. The molecule has 0 spiro atoms. The lowest BCUT2D eigenvalue weighted by atomic mass is 9.72. The van der Waals surface area contributed by atoms with Gasteiger partial charge in [0.15, 0.2) is 0 Å². The second-order valence-electron chi connectivity index (χ2n) is 6.66. The van der Waals surface area contributed by atoms with Crippen LogP contribution in [0.1, 0.15) is 40.0 Å². The van der Waals surface area contributed by atoms with Crippen LogP contribution in [-0.2, 0) is 4.74 Å². The third kappa shape index (κ3) is 3.61. The summed E-state index contributed by atoms with van der Waals surface area (Å²) in [5, 5.41) is 6.36. The van der Waals surface area contributed by atoms with Gasteiger partial charge in [-0.15, -0.1) is 0 Å². The zero-order chi connectivity index (χ0) is 13.2. The Balaban J connectivity index is 1.73. The van der Waals surface area contributed by atoms with Crippen LogP contribution >= 0.6 is 0 Å². The predicted molar refractivity (Wildman–Crippen MR) is 71.4 cm³/mol. The number of hydrogen-bond acceptors (Lipinski definition) is 3. The molecule has 0 aromatic carbocycles. The van der Waals surface area contributed by atoms with Crippen LogP contribution in [0, 0.1) is 17.8 Å². The third-order valence-corrected chi connectivity index (χ3v) is 4.05. The quantitative estimate of drug-likeness (QED) is 0.811. The highest BCUT2D eigenvalue weighted by molar-refractivity contribution is 5.67. The minimum atomic E-state index is -0.411. The molecule has 2 rings (SSSR count). The van der Waals surface area contributed by atoms with Gasteiger partial charge in [-0.2, -0.15) is 0 Å². The maximum atomic E-state index is 11.6. The van der Waals surface area contributed by atoms with Crippen molar-refractivity contribution in [3.05, 3.63) is 0 Å². The molecule has 4 heteroatoms. The molecule has 2 N–H and O–H groups in total. The first-order valence-electron chi connectivity index (χ1n) is 7.13. The summed E-state index contributed by atoms with van der Waals surface area (Å²) in [7, 11) is 0. The summed E-state index contributed by atoms with van der Waals surface area (Å²) < 4.78 is 5.26. The van der Waals surface area contributed by atoms with Crippen LogP contribution in [0.3, 0.4) is 0 Å². The van der Waals surface area contributed by atoms with Crippen molar-refractivity contribution >= 4 is 6.09 Å². The van der Waals surface area contributed by atoms with Crippen molar-refractivity contribution in [2.75, 3.05) is 19.6 Å². The monoisotopic (exact) mass is 254 g/mol. The van der Waals surface area contributed by atoms with Crippen molar-refractivity contribution < 1.29 is 9.53 Å². The first-order chi connectivity index (χ1) is 8.46. The standard InChI is InChI=1S/C14H26N2O2/c1-14(2,3)18-13(17)16-8-11-7-15-9-12(11)10-5-4-6-10/h10-12,15H,4-9H2,1-3H3,(H,16,17). The smallest absolute Gasteiger partial charge is 0.407 e. The highest BCUT2D eigenvalue weighted by atomic mass is 16.6. The van der Waals surface area contributed by atoms with Crippen LogP contribution in [-0.4, -0.2) is 31.3 Å². The lowest BCUT2D eigenvalue weighted by Crippen LogP contribution is -2.39. The molecule has 0 aromatic heterocycles. The summed E-state index contributed by atoms with van der Waals surface area (Å²) in [6.45, 7) is 8.55. The number of rotatable bonds is 3. The van der Waals surface area contributed by atoms with Crippen LogP contribution in [0.2, 0.25) is 0 Å². The van der Waals surface area contributed by atoms with Crippen LogP contribution in [0.25, 0.3) is 0 Å². The zero-order valence-corrected chi connectivity index (χ0v) is 11.8. The van der Waals surface area contributed by atoms with Crippen LogP contribution < -0.4 is 10.6 Å². The molecule has 1 aliphatic carbocycles. The molecule has 2 atom stereocenters. The molecule has 1 saturated heterocycles. The Bertz CT molecular complexity index is 295. The lowest BCUT2D eigenvalue weighted by Gasteiger charge is -2.34. The van der Waals surface area contributed by atoms with Crippen molar-refractivity contribution in [3.63, 3.8) is 0 Å². The fourth-order valence-corrected chi connectivity index (χ4v) is 2.93. The van der Waals surface area contributed by atoms with E-state index >= 15 is 0 Å². The maximum Gasteiger partial charge on any atom is 0.407 e. The maximum absolute atomic E-state index is 11.6. The number of amides is 1. The highest BCUT2D eigenvalue weighted by Gasteiger charge is 2.36. The molecule has 1 heterocycles. The number of carbonyl (C=O) groups is 1. The van der Waals surface area contributed by atoms with E-state index in [1.165, 1.54) is 19.3 Å². The summed E-state index contributed by atoms with van der Waals surface area (Å²) in [6, 6.07) is 0. The average molecular weight is 254 g/mol. The molecule has 2 fully saturated rings. The summed E-state index contributed by atoms with van der Waals surface area (Å²) in [6.07, 6.45) is 3.83. The Kier molecular flexibility index (Phi) is 4.15. The Labute approximate surface area is 110 Å². The van der Waals surface area contributed by atoms with Crippen LogP contribution in [0.5, 0.6) is 0 Å². The van der Waals surface area contributed by atoms with E-state index in [9.17, 15) is 4.79 Å². The molecule has 18 heavy (non-hydrogen) atoms. The molecular weight excluding hydrogens is 228 g/mol. The molecule has 2 aliphatic rings. The Hall–Kier alpha value is -0.770. The van der Waals surface area contributed by atoms with Gasteiger partial charge in [-0.3, -0.25) is 0 Å². The minimum absolute atomic E-state index is 0.290. The van der Waals surface area contributed by atoms with Gasteiger partial charge in [0.2, 0.25) is 0 Å². The van der Waals surface area contributed by atoms with Crippen molar-refractivity contribution in [2.24, 2.45) is 17.8 Å². The number of ether oxygens (including phenoxy) is 1. The number of carbonyl (C=O) groups excluding carboxylic acids is 1. The highest BCUT2D eigenvalue weighted by Crippen LogP contribution is 2.38. The fourth-order valence-electron chi connectivity index (χ4n) is 2.93. The van der Waals surface area contributed by atoms with Gasteiger partial charge in [-0.25, -0.2) is 4.79 Å². The summed E-state index contributed by atoms with van der Waals surface area (Å²) >= 11 is 0. The van der Waals surface area contributed by atoms with E-state index in [0.717, 1.165) is 31.5 Å². The molecule has 0 bridgehead atoms. The molecule has 1 aliphatic heterocycles. The number of nitrogens with one attached hydrogen (secondary N) is 2. The van der Waals surface area contributed by atoms with Gasteiger partial charge in [0.05, 0.1) is 0 Å². The van der Waals surface area contributed by atoms with Crippen LogP contribution in [0.15, 0.2) is 0 Å². The molecule has 4 nitrogen and oxygen atoms in total. The van der Waals surface area contributed by atoms with E-state index < -0.39 is 5.60 Å². The second-order valence-corrected chi connectivity index (χ2v) is 6.66. The van der Waals surface area contributed by atoms with E-state index in [1.807, 2.05) is 20.8 Å². The van der Waals surface area contributed by atoms with Gasteiger partial charge in [-0.1, -0.05) is 19.3 Å². The van der Waals surface area contributed by atoms with Gasteiger partial charge in [0.1, 0.15) is 5.60 Å². The minimum Gasteiger partial charge on any atom is -0.444 e. The summed E-state index contributed by atoms with van der Waals surface area (Å²) in [4.78, 5) is 11.6. The predicted octanol–water partition coefficient (Wildman–Crippen LogP) is 2.15. The van der Waals surface area contributed by atoms with Crippen molar-refractivity contribution in [1.82, 2.24) is 10.6 Å². The zero-order valence-electron chi connectivity index (χ0n) is 11.8. The third-order valence-electron chi connectivity index (χ3n) is 4.05. The topological polar surface area (TPSA) is 50.4 Å². The van der Waals surface area contributed by atoms with Gasteiger partial charge >= 0.3 is 6.09 Å². The Morgan fingerprint density at radius 3 is 2.61 bits per heavy atom. The Morgan fingerprint density at radius 1 is 1.33 bits per heavy atom. The number of alkyl carbamates (subject to hydrolysis) is 1. The van der Waals surface area contributed by atoms with Crippen LogP contribution in [0.4, 0.5) is 4.79 Å². The SMILES string of the molecule is CC(C)(C)OC(=O)NCC1CNCC1C1CCC1. The van der Waals surface area contributed by atoms with E-state index in [1.54, 1.807) is 0 Å². The second kappa shape index (κ2) is 5.47. The van der Waals surface area contributed by atoms with Gasteiger partial charge in [-0.05, 0) is 51.6 Å². The fraction of sp³-hybridized carbons (Fsp3) is 0.929. The van der Waals surface area contributed by atoms with E-state index in [2.05, 4.69) is 10.6 Å². The molecule has 0 aromatic rings. The van der Waals surface area contributed by atoms with E-state index in [-0.39, 0.29) is 6.09 Å². The summed E-state index contributed by atoms with van der Waals surface area (Å²) in [5.41, 5.74) is -0.411. The van der Waals surface area contributed by atoms with E-state index in [0.29, 0.717) is 5.92 Å². The molecule has 2 unspecified atom stereocenters. The van der Waals surface area contributed by atoms with Gasteiger partial charge in [0, 0.05) is 6.54 Å². The van der Waals surface area contributed by atoms with Gasteiger partial charge < -0.3 is 15.4 Å². The Morgan fingerprint density at radius 2 is 2.06 bits per heavy atom. The number of hydrogen-bond donors (Lipinski definition) is 2. The van der Waals surface area contributed by atoms with E-state index in [4.69, 9.17) is 4.74 Å². The molecule has 1 amide bonds. The average Bonchev–Trinajstić information content (AvgIpc) is 2.57. The summed E-state index contributed by atoms with van der Waals surface area (Å²) in [5.74, 6) is 2.20. The largest absolute Gasteiger partial charge is 0.444 e. The van der Waals surface area contributed by atoms with Crippen molar-refractivity contribution in [3.8, 4) is 0 Å². The van der Waals surface area contributed by atoms with Gasteiger partial charge in [0.25, 0.3) is 0 Å². The molecule has 0 radical (unpaired) electrons. The molecular formula is C14H26N2O2. The first kappa shape index (κ1) is 13.7. The molecule has 104 valence electrons. The molecule has 1 saturated carbocycles. The first-order valence-corrected chi connectivity index (χ1v) is 7.13. The normalized spacial score (nSPS) is 28.8. The van der Waals surface area contributed by atoms with Crippen molar-refractivity contribution in [2.45, 2.75) is 45.6 Å².